The van der Waals surface area contributed by atoms with Gasteiger partial charge in [0.2, 0.25) is 0 Å². The summed E-state index contributed by atoms with van der Waals surface area (Å²) in [5.74, 6) is 2.14. The van der Waals surface area contributed by atoms with Gasteiger partial charge >= 0.3 is 0 Å². The molecule has 110 valence electrons. The molecule has 3 unspecified atom stereocenters. The van der Waals surface area contributed by atoms with Crippen LogP contribution in [-0.4, -0.2) is 29.4 Å². The molecule has 6 nitrogen and oxygen atoms in total. The molecule has 1 aromatic carbocycles. The molecule has 3 heterocycles. The minimum Gasteiger partial charge on any atom is -0.492 e. The first kappa shape index (κ1) is 12.8. The first-order chi connectivity index (χ1) is 10.3. The summed E-state index contributed by atoms with van der Waals surface area (Å²) in [7, 11) is 0. The fraction of sp³-hybridized carbons (Fsp3) is 0.467. The largest absolute Gasteiger partial charge is 0.492 e. The number of rotatable bonds is 3. The minimum absolute atomic E-state index is 0.0328. The van der Waals surface area contributed by atoms with E-state index in [9.17, 15) is 0 Å². The van der Waals surface area contributed by atoms with E-state index in [-0.39, 0.29) is 18.1 Å². The highest BCUT2D eigenvalue weighted by atomic mass is 16.5. The van der Waals surface area contributed by atoms with Crippen LogP contribution in [0.25, 0.3) is 0 Å². The van der Waals surface area contributed by atoms with E-state index in [0.717, 1.165) is 24.2 Å². The lowest BCUT2D eigenvalue weighted by Gasteiger charge is -2.07. The molecule has 1 saturated heterocycles. The summed E-state index contributed by atoms with van der Waals surface area (Å²) in [6, 6.07) is 7.96. The topological polar surface area (TPSA) is 83.4 Å². The number of para-hydroxylation sites is 1. The van der Waals surface area contributed by atoms with Crippen molar-refractivity contribution < 1.29 is 14.0 Å². The maximum absolute atomic E-state index is 5.79. The van der Waals surface area contributed by atoms with E-state index < -0.39 is 0 Å². The van der Waals surface area contributed by atoms with Gasteiger partial charge in [-0.25, -0.2) is 0 Å². The number of fused-ring (bicyclic) bond motifs is 1. The molecule has 1 fully saturated rings. The third-order valence-electron chi connectivity index (χ3n) is 4.11. The molecular weight excluding hydrogens is 270 g/mol. The molecule has 0 spiro atoms. The van der Waals surface area contributed by atoms with Crippen molar-refractivity contribution in [1.82, 2.24) is 10.1 Å². The number of aromatic nitrogens is 2. The van der Waals surface area contributed by atoms with Gasteiger partial charge in [0.05, 0.1) is 12.0 Å². The van der Waals surface area contributed by atoms with Crippen molar-refractivity contribution in [3.8, 4) is 5.75 Å². The van der Waals surface area contributed by atoms with E-state index in [1.165, 1.54) is 0 Å². The summed E-state index contributed by atoms with van der Waals surface area (Å²) in [6.07, 6.45) is 1.79. The van der Waals surface area contributed by atoms with Gasteiger partial charge < -0.3 is 19.7 Å². The van der Waals surface area contributed by atoms with E-state index in [4.69, 9.17) is 19.7 Å². The molecule has 0 saturated carbocycles. The number of hydrogen-bond donors (Lipinski definition) is 1. The van der Waals surface area contributed by atoms with Gasteiger partial charge in [0, 0.05) is 12.1 Å². The highest BCUT2D eigenvalue weighted by Crippen LogP contribution is 2.38. The zero-order valence-corrected chi connectivity index (χ0v) is 11.6. The lowest BCUT2D eigenvalue weighted by molar-refractivity contribution is 0.0307. The van der Waals surface area contributed by atoms with Gasteiger partial charge in [-0.15, -0.1) is 0 Å². The Labute approximate surface area is 122 Å². The van der Waals surface area contributed by atoms with Crippen molar-refractivity contribution in [2.24, 2.45) is 5.73 Å². The van der Waals surface area contributed by atoms with Crippen molar-refractivity contribution in [2.45, 2.75) is 31.0 Å². The van der Waals surface area contributed by atoms with Crippen LogP contribution >= 0.6 is 0 Å². The SMILES string of the molecule is NCC1CCC(c2nc(C3COc4ccccc43)no2)O1. The van der Waals surface area contributed by atoms with Gasteiger partial charge in [-0.3, -0.25) is 0 Å². The monoisotopic (exact) mass is 287 g/mol. The molecule has 2 aromatic rings. The number of ether oxygens (including phenoxy) is 2. The summed E-state index contributed by atoms with van der Waals surface area (Å²) in [4.78, 5) is 4.52. The Bertz CT molecular complexity index is 643. The molecule has 4 rings (SSSR count). The lowest BCUT2D eigenvalue weighted by Crippen LogP contribution is -2.18. The Balaban J connectivity index is 1.56. The first-order valence-electron chi connectivity index (χ1n) is 7.26. The number of benzene rings is 1. The molecule has 2 aliphatic heterocycles. The fourth-order valence-electron chi connectivity index (χ4n) is 2.96. The Morgan fingerprint density at radius 3 is 3.00 bits per heavy atom. The van der Waals surface area contributed by atoms with Gasteiger partial charge in [-0.05, 0) is 18.9 Å². The summed E-state index contributed by atoms with van der Waals surface area (Å²) in [6.45, 7) is 1.08. The van der Waals surface area contributed by atoms with E-state index in [0.29, 0.717) is 24.9 Å². The molecule has 0 aliphatic carbocycles. The second-order valence-electron chi connectivity index (χ2n) is 5.45. The third kappa shape index (κ3) is 2.20. The van der Waals surface area contributed by atoms with E-state index in [2.05, 4.69) is 10.1 Å². The van der Waals surface area contributed by atoms with Crippen molar-refractivity contribution in [2.75, 3.05) is 13.2 Å². The molecule has 6 heteroatoms. The predicted molar refractivity (Wildman–Crippen MR) is 74.0 cm³/mol. The van der Waals surface area contributed by atoms with Crippen molar-refractivity contribution in [1.29, 1.82) is 0 Å². The maximum atomic E-state index is 5.79. The van der Waals surface area contributed by atoms with Crippen LogP contribution in [-0.2, 0) is 4.74 Å². The average molecular weight is 287 g/mol. The zero-order valence-electron chi connectivity index (χ0n) is 11.6. The maximum Gasteiger partial charge on any atom is 0.255 e. The second-order valence-corrected chi connectivity index (χ2v) is 5.45. The highest BCUT2D eigenvalue weighted by molar-refractivity contribution is 5.42. The van der Waals surface area contributed by atoms with Crippen LogP contribution in [0.15, 0.2) is 28.8 Å². The van der Waals surface area contributed by atoms with Crippen molar-refractivity contribution in [3.05, 3.63) is 41.5 Å². The van der Waals surface area contributed by atoms with Gasteiger partial charge in [0.15, 0.2) is 5.82 Å². The Morgan fingerprint density at radius 1 is 1.24 bits per heavy atom. The van der Waals surface area contributed by atoms with Crippen molar-refractivity contribution >= 4 is 0 Å². The Hall–Kier alpha value is -1.92. The van der Waals surface area contributed by atoms with E-state index in [1.54, 1.807) is 0 Å². The van der Waals surface area contributed by atoms with Crippen LogP contribution in [0.4, 0.5) is 0 Å². The first-order valence-corrected chi connectivity index (χ1v) is 7.26. The Morgan fingerprint density at radius 2 is 2.14 bits per heavy atom. The zero-order chi connectivity index (χ0) is 14.2. The molecule has 2 aliphatic rings. The molecule has 0 radical (unpaired) electrons. The number of nitrogens with zero attached hydrogens (tertiary/aromatic N) is 2. The van der Waals surface area contributed by atoms with Crippen molar-refractivity contribution in [3.63, 3.8) is 0 Å². The third-order valence-corrected chi connectivity index (χ3v) is 4.11. The van der Waals surface area contributed by atoms with Crippen LogP contribution in [0.5, 0.6) is 5.75 Å². The van der Waals surface area contributed by atoms with E-state index >= 15 is 0 Å². The van der Waals surface area contributed by atoms with Crippen LogP contribution < -0.4 is 10.5 Å². The minimum atomic E-state index is -0.127. The van der Waals surface area contributed by atoms with Gasteiger partial charge in [-0.2, -0.15) is 4.98 Å². The summed E-state index contributed by atoms with van der Waals surface area (Å²) >= 11 is 0. The molecule has 21 heavy (non-hydrogen) atoms. The molecule has 0 amide bonds. The molecule has 1 aromatic heterocycles. The quantitative estimate of drug-likeness (QED) is 0.926. The number of nitrogens with two attached hydrogens (primary N) is 1. The average Bonchev–Trinajstić information content (AvgIpc) is 3.24. The molecule has 3 atom stereocenters. The Kier molecular flexibility index (Phi) is 3.12. The van der Waals surface area contributed by atoms with Gasteiger partial charge in [0.25, 0.3) is 5.89 Å². The summed E-state index contributed by atoms with van der Waals surface area (Å²) in [5, 5.41) is 4.12. The molecule has 0 bridgehead atoms. The standard InChI is InChI=1S/C15H17N3O3/c16-7-9-5-6-13(20-9)15-17-14(18-21-15)11-8-19-12-4-2-1-3-10(11)12/h1-4,9,11,13H,5-8,16H2. The highest BCUT2D eigenvalue weighted by Gasteiger charge is 2.33. The van der Waals surface area contributed by atoms with Gasteiger partial charge in [-0.1, -0.05) is 23.4 Å². The second kappa shape index (κ2) is 5.13. The lowest BCUT2D eigenvalue weighted by atomic mass is 10.0. The fourth-order valence-corrected chi connectivity index (χ4v) is 2.96. The molecular formula is C15H17N3O3. The molecule has 2 N–H and O–H groups in total. The smallest absolute Gasteiger partial charge is 0.255 e. The van der Waals surface area contributed by atoms with Crippen LogP contribution in [0.3, 0.4) is 0 Å². The van der Waals surface area contributed by atoms with Crippen LogP contribution in [0.2, 0.25) is 0 Å². The van der Waals surface area contributed by atoms with Gasteiger partial charge in [0.1, 0.15) is 18.5 Å². The summed E-state index contributed by atoms with van der Waals surface area (Å²) < 4.78 is 16.8. The summed E-state index contributed by atoms with van der Waals surface area (Å²) in [5.41, 5.74) is 6.73. The normalized spacial score (nSPS) is 27.6. The number of hydrogen-bond acceptors (Lipinski definition) is 6. The van der Waals surface area contributed by atoms with Crippen LogP contribution in [0.1, 0.15) is 42.1 Å². The van der Waals surface area contributed by atoms with Crippen LogP contribution in [0, 0.1) is 0 Å². The van der Waals surface area contributed by atoms with E-state index in [1.807, 2.05) is 24.3 Å². The predicted octanol–water partition coefficient (Wildman–Crippen LogP) is 1.77.